The molecule has 224 valence electrons. The van der Waals surface area contributed by atoms with Crippen molar-refractivity contribution in [3.63, 3.8) is 0 Å². The van der Waals surface area contributed by atoms with Crippen molar-refractivity contribution in [3.8, 4) is 28.6 Å². The van der Waals surface area contributed by atoms with Crippen LogP contribution in [0.2, 0.25) is 5.02 Å². The van der Waals surface area contributed by atoms with Crippen LogP contribution in [-0.4, -0.2) is 47.4 Å². The number of nitrogens with one attached hydrogen (secondary N) is 1. The van der Waals surface area contributed by atoms with E-state index in [1.165, 1.54) is 0 Å². The summed E-state index contributed by atoms with van der Waals surface area (Å²) in [5.41, 5.74) is 0.244. The Morgan fingerprint density at radius 2 is 1.81 bits per heavy atom. The van der Waals surface area contributed by atoms with E-state index in [0.717, 1.165) is 23.8 Å². The lowest BCUT2D eigenvalue weighted by Crippen LogP contribution is -2.59. The highest BCUT2D eigenvalue weighted by molar-refractivity contribution is 6.32. The third kappa shape index (κ3) is 6.72. The number of halogens is 1. The number of fused-ring (bicyclic) bond motifs is 1. The van der Waals surface area contributed by atoms with Crippen LogP contribution in [0.5, 0.6) is 5.75 Å². The number of unbranched alkanes of at least 4 members (excludes halogenated alkanes) is 1. The largest absolute Gasteiger partial charge is 0.492 e. The van der Waals surface area contributed by atoms with Crippen LogP contribution in [0.4, 0.5) is 4.79 Å². The fourth-order valence-electron chi connectivity index (χ4n) is 4.41. The lowest BCUT2D eigenvalue weighted by molar-refractivity contribution is -0.274. The van der Waals surface area contributed by atoms with Gasteiger partial charge in [-0.1, -0.05) is 30.1 Å². The molecule has 3 heterocycles. The van der Waals surface area contributed by atoms with Crippen molar-refractivity contribution in [2.75, 3.05) is 19.8 Å². The summed E-state index contributed by atoms with van der Waals surface area (Å²) in [6.07, 6.45) is 1.39. The molecule has 42 heavy (non-hydrogen) atoms. The number of aromatic nitrogens is 2. The summed E-state index contributed by atoms with van der Waals surface area (Å²) < 4.78 is 34.9. The number of carbonyl (C=O) groups excluding carboxylic acids is 1. The van der Waals surface area contributed by atoms with Gasteiger partial charge in [0.2, 0.25) is 5.82 Å². The molecule has 1 aliphatic heterocycles. The van der Waals surface area contributed by atoms with Crippen LogP contribution in [0.25, 0.3) is 33.8 Å². The van der Waals surface area contributed by atoms with Gasteiger partial charge in [-0.3, -0.25) is 0 Å². The van der Waals surface area contributed by atoms with Gasteiger partial charge in [-0.2, -0.15) is 4.98 Å². The van der Waals surface area contributed by atoms with Crippen LogP contribution in [0.3, 0.4) is 0 Å². The molecular weight excluding hydrogens is 562 g/mol. The number of nitrogens with zero attached hydrogens (tertiary/aromatic N) is 2. The van der Waals surface area contributed by atoms with Gasteiger partial charge >= 0.3 is 6.09 Å². The number of furan rings is 1. The summed E-state index contributed by atoms with van der Waals surface area (Å²) in [5.74, 6) is 1.02. The first-order chi connectivity index (χ1) is 19.9. The monoisotopic (exact) mass is 597 g/mol. The Bertz CT molecular complexity index is 1560. The maximum Gasteiger partial charge on any atom is 0.408 e. The number of rotatable bonds is 8. The van der Waals surface area contributed by atoms with E-state index in [0.29, 0.717) is 46.0 Å². The number of hydrogen-bond donors (Lipinski definition) is 1. The molecule has 0 aliphatic carbocycles. The number of carbonyl (C=O) groups is 1. The van der Waals surface area contributed by atoms with E-state index in [4.69, 9.17) is 39.5 Å². The second kappa shape index (κ2) is 11.6. The van der Waals surface area contributed by atoms with Crippen LogP contribution in [-0.2, 0) is 19.7 Å². The standard InChI is InChI=1S/C31H36ClN3O7/c1-7-8-13-37-24-12-10-20(15-22(24)32)27-33-26(35-42-27)19-9-11-23-21(14-19)16-25(40-23)31(17-38-30(5,6)39-18-31)34-28(36)41-29(2,3)4/h9-12,14-16H,7-8,13,17-18H2,1-6H3,(H,34,36). The van der Waals surface area contributed by atoms with Gasteiger partial charge in [0.05, 0.1) is 24.8 Å². The average molecular weight is 598 g/mol. The van der Waals surface area contributed by atoms with Crippen molar-refractivity contribution >= 4 is 28.7 Å². The molecule has 2 aromatic heterocycles. The minimum absolute atomic E-state index is 0.130. The first-order valence-electron chi connectivity index (χ1n) is 14.0. The predicted octanol–water partition coefficient (Wildman–Crippen LogP) is 7.49. The van der Waals surface area contributed by atoms with Crippen LogP contribution in [0.1, 0.15) is 60.1 Å². The quantitative estimate of drug-likeness (QED) is 0.206. The van der Waals surface area contributed by atoms with Gasteiger partial charge in [0, 0.05) is 16.5 Å². The highest BCUT2D eigenvalue weighted by Gasteiger charge is 2.46. The molecule has 2 aromatic carbocycles. The molecule has 0 bridgehead atoms. The third-order valence-electron chi connectivity index (χ3n) is 6.68. The Morgan fingerprint density at radius 3 is 2.50 bits per heavy atom. The fraction of sp³-hybridized carbons (Fsp3) is 0.452. The fourth-order valence-corrected chi connectivity index (χ4v) is 4.64. The van der Waals surface area contributed by atoms with Gasteiger partial charge in [0.15, 0.2) is 5.79 Å². The Labute approximate surface area is 249 Å². The Morgan fingerprint density at radius 1 is 1.07 bits per heavy atom. The van der Waals surface area contributed by atoms with Crippen LogP contribution >= 0.6 is 11.6 Å². The summed E-state index contributed by atoms with van der Waals surface area (Å²) in [5, 5.41) is 8.36. The normalized spacial score (nSPS) is 16.4. The second-order valence-electron chi connectivity index (χ2n) is 11.8. The van der Waals surface area contributed by atoms with E-state index < -0.39 is 23.0 Å². The molecule has 1 aliphatic rings. The zero-order chi connectivity index (χ0) is 30.1. The molecule has 0 radical (unpaired) electrons. The molecule has 0 unspecified atom stereocenters. The molecule has 1 fully saturated rings. The van der Waals surface area contributed by atoms with Gasteiger partial charge in [-0.25, -0.2) is 4.79 Å². The van der Waals surface area contributed by atoms with Crippen LogP contribution in [0, 0.1) is 0 Å². The zero-order valence-electron chi connectivity index (χ0n) is 24.7. The van der Waals surface area contributed by atoms with E-state index in [9.17, 15) is 4.79 Å². The first-order valence-corrected chi connectivity index (χ1v) is 14.3. The number of alkyl carbamates (subject to hydrolysis) is 1. The summed E-state index contributed by atoms with van der Waals surface area (Å²) in [4.78, 5) is 17.4. The summed E-state index contributed by atoms with van der Waals surface area (Å²) in [6.45, 7) is 12.0. The maximum atomic E-state index is 12.8. The molecule has 1 N–H and O–H groups in total. The lowest BCUT2D eigenvalue weighted by Gasteiger charge is -2.42. The van der Waals surface area contributed by atoms with Gasteiger partial charge in [0.1, 0.15) is 28.2 Å². The highest BCUT2D eigenvalue weighted by Crippen LogP contribution is 2.36. The van der Waals surface area contributed by atoms with E-state index in [2.05, 4.69) is 22.4 Å². The summed E-state index contributed by atoms with van der Waals surface area (Å²) >= 11 is 6.43. The second-order valence-corrected chi connectivity index (χ2v) is 12.2. The summed E-state index contributed by atoms with van der Waals surface area (Å²) in [7, 11) is 0. The van der Waals surface area contributed by atoms with Crippen molar-refractivity contribution in [2.45, 2.75) is 71.3 Å². The Balaban J connectivity index is 1.40. The predicted molar refractivity (Wildman–Crippen MR) is 157 cm³/mol. The van der Waals surface area contributed by atoms with Crippen molar-refractivity contribution in [1.29, 1.82) is 0 Å². The van der Waals surface area contributed by atoms with E-state index in [1.54, 1.807) is 32.9 Å². The van der Waals surface area contributed by atoms with Crippen molar-refractivity contribution in [2.24, 2.45) is 0 Å². The number of ether oxygens (including phenoxy) is 4. The Hall–Kier alpha value is -3.60. The Kier molecular flexibility index (Phi) is 8.24. The van der Waals surface area contributed by atoms with Crippen LogP contribution < -0.4 is 10.1 Å². The van der Waals surface area contributed by atoms with Crippen molar-refractivity contribution in [1.82, 2.24) is 15.5 Å². The topological polar surface area (TPSA) is 118 Å². The van der Waals surface area contributed by atoms with Gasteiger partial charge in [-0.15, -0.1) is 0 Å². The molecule has 1 amide bonds. The first kappa shape index (κ1) is 29.9. The molecule has 10 nitrogen and oxygen atoms in total. The van der Waals surface area contributed by atoms with Gasteiger partial charge < -0.3 is 33.2 Å². The molecule has 5 rings (SSSR count). The molecule has 4 aromatic rings. The average Bonchev–Trinajstić information content (AvgIpc) is 3.58. The molecule has 0 saturated carbocycles. The zero-order valence-corrected chi connectivity index (χ0v) is 25.5. The minimum Gasteiger partial charge on any atom is -0.492 e. The van der Waals surface area contributed by atoms with Crippen molar-refractivity contribution < 1.29 is 32.7 Å². The molecule has 11 heteroatoms. The SMILES string of the molecule is CCCCOc1ccc(-c2nc(-c3ccc4oc(C5(NC(=O)OC(C)(C)C)COC(C)(C)OC5)cc4c3)no2)cc1Cl. The molecule has 0 atom stereocenters. The van der Waals surface area contributed by atoms with E-state index >= 15 is 0 Å². The number of amides is 1. The highest BCUT2D eigenvalue weighted by atomic mass is 35.5. The molecular formula is C31H36ClN3O7. The smallest absolute Gasteiger partial charge is 0.408 e. The van der Waals surface area contributed by atoms with Gasteiger partial charge in [-0.05, 0) is 83.5 Å². The molecule has 0 spiro atoms. The van der Waals surface area contributed by atoms with Crippen LogP contribution in [0.15, 0.2) is 51.4 Å². The molecule has 1 saturated heterocycles. The van der Waals surface area contributed by atoms with Gasteiger partial charge in [0.25, 0.3) is 5.89 Å². The maximum absolute atomic E-state index is 12.8. The third-order valence-corrected chi connectivity index (χ3v) is 6.97. The number of hydrogen-bond acceptors (Lipinski definition) is 9. The van der Waals surface area contributed by atoms with E-state index in [-0.39, 0.29) is 13.2 Å². The minimum atomic E-state index is -1.10. The number of benzene rings is 2. The van der Waals surface area contributed by atoms with E-state index in [1.807, 2.05) is 44.2 Å². The van der Waals surface area contributed by atoms with Crippen molar-refractivity contribution in [3.05, 3.63) is 53.2 Å². The lowest BCUT2D eigenvalue weighted by atomic mass is 9.96. The summed E-state index contributed by atoms with van der Waals surface area (Å²) in [6, 6.07) is 12.8.